The molecule has 2 aromatic rings. The summed E-state index contributed by atoms with van der Waals surface area (Å²) in [6, 6.07) is 7.89. The predicted octanol–water partition coefficient (Wildman–Crippen LogP) is 3.67. The summed E-state index contributed by atoms with van der Waals surface area (Å²) in [6.45, 7) is 9.53. The second kappa shape index (κ2) is 5.95. The molecule has 110 valence electrons. The second-order valence-electron chi connectivity index (χ2n) is 5.28. The van der Waals surface area contributed by atoms with Gasteiger partial charge in [0.1, 0.15) is 11.5 Å². The first-order valence-corrected chi connectivity index (χ1v) is 6.87. The fourth-order valence-electron chi connectivity index (χ4n) is 2.24. The molecular weight excluding hydrogens is 264 g/mol. The fourth-order valence-corrected chi connectivity index (χ4v) is 2.24. The van der Waals surface area contributed by atoms with Crippen molar-refractivity contribution >= 4 is 11.6 Å². The summed E-state index contributed by atoms with van der Waals surface area (Å²) in [5, 5.41) is 4.20. The van der Waals surface area contributed by atoms with E-state index in [1.54, 1.807) is 13.0 Å². The van der Waals surface area contributed by atoms with Crippen molar-refractivity contribution in [3.05, 3.63) is 58.0 Å². The number of rotatable bonds is 3. The molecule has 21 heavy (non-hydrogen) atoms. The molecule has 0 bridgehead atoms. The van der Waals surface area contributed by atoms with Gasteiger partial charge in [-0.25, -0.2) is 5.43 Å². The molecule has 0 unspecified atom stereocenters. The molecule has 0 aliphatic carbocycles. The van der Waals surface area contributed by atoms with Crippen molar-refractivity contribution in [3.8, 4) is 0 Å². The van der Waals surface area contributed by atoms with E-state index in [2.05, 4.69) is 28.7 Å². The maximum absolute atomic E-state index is 12.1. The Morgan fingerprint density at radius 3 is 2.43 bits per heavy atom. The first-order valence-electron chi connectivity index (χ1n) is 6.87. The molecule has 0 saturated carbocycles. The van der Waals surface area contributed by atoms with Gasteiger partial charge in [0.05, 0.1) is 11.3 Å². The Bertz CT molecular complexity index is 712. The molecule has 1 heterocycles. The highest BCUT2D eigenvalue weighted by atomic mass is 16.3. The van der Waals surface area contributed by atoms with Crippen molar-refractivity contribution in [3.63, 3.8) is 0 Å². The van der Waals surface area contributed by atoms with E-state index < -0.39 is 0 Å². The Morgan fingerprint density at radius 1 is 1.10 bits per heavy atom. The molecule has 1 N–H and O–H groups in total. The lowest BCUT2D eigenvalue weighted by molar-refractivity contribution is 0.0953. The van der Waals surface area contributed by atoms with Crippen molar-refractivity contribution in [1.29, 1.82) is 0 Å². The summed E-state index contributed by atoms with van der Waals surface area (Å²) < 4.78 is 5.35. The molecule has 0 saturated heterocycles. The van der Waals surface area contributed by atoms with E-state index in [9.17, 15) is 4.79 Å². The number of hydrogen-bond donors (Lipinski definition) is 1. The van der Waals surface area contributed by atoms with E-state index in [0.717, 1.165) is 22.4 Å². The van der Waals surface area contributed by atoms with E-state index in [1.807, 2.05) is 27.7 Å². The summed E-state index contributed by atoms with van der Waals surface area (Å²) in [5.41, 5.74) is 7.22. The maximum Gasteiger partial charge on any atom is 0.274 e. The van der Waals surface area contributed by atoms with Gasteiger partial charge in [0.15, 0.2) is 0 Å². The Kier molecular flexibility index (Phi) is 4.26. The third-order valence-electron chi connectivity index (χ3n) is 3.39. The van der Waals surface area contributed by atoms with Crippen LogP contribution in [-0.4, -0.2) is 11.6 Å². The molecule has 4 nitrogen and oxygen atoms in total. The molecule has 0 aliphatic rings. The topological polar surface area (TPSA) is 54.6 Å². The van der Waals surface area contributed by atoms with E-state index in [0.29, 0.717) is 17.1 Å². The smallest absolute Gasteiger partial charge is 0.274 e. The van der Waals surface area contributed by atoms with Gasteiger partial charge >= 0.3 is 0 Å². The van der Waals surface area contributed by atoms with Crippen molar-refractivity contribution in [1.82, 2.24) is 5.43 Å². The number of hydrogen-bond acceptors (Lipinski definition) is 3. The van der Waals surface area contributed by atoms with Gasteiger partial charge in [0.2, 0.25) is 0 Å². The molecule has 2 rings (SSSR count). The van der Waals surface area contributed by atoms with Gasteiger partial charge in [0, 0.05) is 5.56 Å². The third kappa shape index (κ3) is 3.40. The number of carbonyl (C=O) groups is 1. The van der Waals surface area contributed by atoms with Crippen LogP contribution in [0.15, 0.2) is 33.8 Å². The molecule has 1 amide bonds. The van der Waals surface area contributed by atoms with Gasteiger partial charge in [-0.3, -0.25) is 4.79 Å². The molecule has 1 aromatic heterocycles. The van der Waals surface area contributed by atoms with E-state index >= 15 is 0 Å². The fraction of sp³-hybridized carbons (Fsp3) is 0.294. The van der Waals surface area contributed by atoms with Crippen LogP contribution in [0.25, 0.3) is 0 Å². The van der Waals surface area contributed by atoms with Crippen LogP contribution in [0, 0.1) is 27.7 Å². The number of carbonyl (C=O) groups excluding carboxylic acids is 1. The largest absolute Gasteiger partial charge is 0.466 e. The Balaban J connectivity index is 2.19. The van der Waals surface area contributed by atoms with Crippen LogP contribution in [0.5, 0.6) is 0 Å². The lowest BCUT2D eigenvalue weighted by Gasteiger charge is -2.07. The normalized spacial score (nSPS) is 11.6. The minimum absolute atomic E-state index is 0.256. The van der Waals surface area contributed by atoms with Crippen molar-refractivity contribution in [2.45, 2.75) is 34.6 Å². The highest BCUT2D eigenvalue weighted by Gasteiger charge is 2.13. The minimum atomic E-state index is -0.256. The molecule has 0 spiro atoms. The monoisotopic (exact) mass is 284 g/mol. The van der Waals surface area contributed by atoms with Gasteiger partial charge in [-0.2, -0.15) is 5.10 Å². The quantitative estimate of drug-likeness (QED) is 0.690. The Labute approximate surface area is 124 Å². The molecule has 0 atom stereocenters. The maximum atomic E-state index is 12.1. The SMILES string of the molecule is C/C(=N/NC(=O)c1cc(C)oc1C)c1cc(C)ccc1C. The van der Waals surface area contributed by atoms with Crippen LogP contribution in [0.3, 0.4) is 0 Å². The number of hydrazone groups is 1. The number of furan rings is 1. The van der Waals surface area contributed by atoms with E-state index in [4.69, 9.17) is 4.42 Å². The molecular formula is C17H20N2O2. The van der Waals surface area contributed by atoms with Crippen molar-refractivity contribution in [2.24, 2.45) is 5.10 Å². The van der Waals surface area contributed by atoms with Gasteiger partial charge in [-0.1, -0.05) is 17.7 Å². The standard InChI is InChI=1S/C17H20N2O2/c1-10-6-7-11(2)15(8-10)13(4)18-19-17(20)16-9-12(3)21-14(16)5/h6-9H,1-5H3,(H,19,20)/b18-13-. The summed E-state index contributed by atoms with van der Waals surface area (Å²) >= 11 is 0. The van der Waals surface area contributed by atoms with Gasteiger partial charge < -0.3 is 4.42 Å². The van der Waals surface area contributed by atoms with Crippen LogP contribution >= 0.6 is 0 Å². The molecule has 4 heteroatoms. The van der Waals surface area contributed by atoms with E-state index in [1.165, 1.54) is 0 Å². The molecule has 0 fully saturated rings. The molecule has 0 aliphatic heterocycles. The summed E-state index contributed by atoms with van der Waals surface area (Å²) in [4.78, 5) is 12.1. The van der Waals surface area contributed by atoms with E-state index in [-0.39, 0.29) is 5.91 Å². The average molecular weight is 284 g/mol. The third-order valence-corrected chi connectivity index (χ3v) is 3.39. The number of nitrogens with zero attached hydrogens (tertiary/aromatic N) is 1. The lowest BCUT2D eigenvalue weighted by Crippen LogP contribution is -2.19. The zero-order valence-corrected chi connectivity index (χ0v) is 13.1. The van der Waals surface area contributed by atoms with Crippen LogP contribution in [0.2, 0.25) is 0 Å². The van der Waals surface area contributed by atoms with Gasteiger partial charge in [0.25, 0.3) is 5.91 Å². The van der Waals surface area contributed by atoms with Crippen LogP contribution in [0.1, 0.15) is 45.5 Å². The summed E-state index contributed by atoms with van der Waals surface area (Å²) in [6.07, 6.45) is 0. The molecule has 1 aromatic carbocycles. The molecule has 0 radical (unpaired) electrons. The highest BCUT2D eigenvalue weighted by Crippen LogP contribution is 2.14. The van der Waals surface area contributed by atoms with Gasteiger partial charge in [-0.05, 0) is 52.3 Å². The highest BCUT2D eigenvalue weighted by molar-refractivity contribution is 6.02. The van der Waals surface area contributed by atoms with Crippen LogP contribution < -0.4 is 5.43 Å². The average Bonchev–Trinajstić information content (AvgIpc) is 2.77. The zero-order chi connectivity index (χ0) is 15.6. The number of amides is 1. The number of aryl methyl sites for hydroxylation is 4. The summed E-state index contributed by atoms with van der Waals surface area (Å²) in [5.74, 6) is 1.06. The van der Waals surface area contributed by atoms with Gasteiger partial charge in [-0.15, -0.1) is 0 Å². The Morgan fingerprint density at radius 2 is 1.81 bits per heavy atom. The predicted molar refractivity (Wildman–Crippen MR) is 83.8 cm³/mol. The zero-order valence-electron chi connectivity index (χ0n) is 13.1. The summed E-state index contributed by atoms with van der Waals surface area (Å²) in [7, 11) is 0. The number of benzene rings is 1. The Hall–Kier alpha value is -2.36. The minimum Gasteiger partial charge on any atom is -0.466 e. The van der Waals surface area contributed by atoms with Crippen molar-refractivity contribution in [2.75, 3.05) is 0 Å². The van der Waals surface area contributed by atoms with Crippen LogP contribution in [0.4, 0.5) is 0 Å². The van der Waals surface area contributed by atoms with Crippen LogP contribution in [-0.2, 0) is 0 Å². The first-order chi connectivity index (χ1) is 9.88. The lowest BCUT2D eigenvalue weighted by atomic mass is 10.0. The second-order valence-corrected chi connectivity index (χ2v) is 5.28. The first kappa shape index (κ1) is 15.0. The number of nitrogens with one attached hydrogen (secondary N) is 1. The van der Waals surface area contributed by atoms with Crippen molar-refractivity contribution < 1.29 is 9.21 Å².